The summed E-state index contributed by atoms with van der Waals surface area (Å²) in [5.41, 5.74) is 1.26. The highest BCUT2D eigenvalue weighted by Gasteiger charge is 2.09. The van der Waals surface area contributed by atoms with Gasteiger partial charge >= 0.3 is 0 Å². The molecule has 0 radical (unpaired) electrons. The minimum Gasteiger partial charge on any atom is -0.349 e. The number of aromatic nitrogens is 1. The standard InChI is InChI=1S/C20H17F2N3O/c21-16-7-4-8-17(22)20(16)24-15-10-11-18(23-13-15)25-19(26)12-9-14-5-2-1-3-6-14/h1-8,10-11,13,24H,9,12H2,(H,23,25,26). The minimum atomic E-state index is -0.691. The predicted molar refractivity (Wildman–Crippen MR) is 97.3 cm³/mol. The second-order valence-corrected chi connectivity index (χ2v) is 5.69. The van der Waals surface area contributed by atoms with Crippen LogP contribution in [0.15, 0.2) is 66.9 Å². The lowest BCUT2D eigenvalue weighted by molar-refractivity contribution is -0.116. The summed E-state index contributed by atoms with van der Waals surface area (Å²) in [5.74, 6) is -1.16. The Hall–Kier alpha value is -3.28. The molecule has 0 spiro atoms. The summed E-state index contributed by atoms with van der Waals surface area (Å²) >= 11 is 0. The zero-order valence-corrected chi connectivity index (χ0v) is 13.9. The number of hydrogen-bond acceptors (Lipinski definition) is 3. The third-order valence-electron chi connectivity index (χ3n) is 3.75. The first-order valence-corrected chi connectivity index (χ1v) is 8.13. The largest absolute Gasteiger partial charge is 0.349 e. The highest BCUT2D eigenvalue weighted by molar-refractivity contribution is 5.90. The molecule has 1 aromatic heterocycles. The Bertz CT molecular complexity index is 863. The van der Waals surface area contributed by atoms with E-state index in [4.69, 9.17) is 0 Å². The maximum atomic E-state index is 13.6. The molecule has 0 aliphatic carbocycles. The number of carbonyl (C=O) groups excluding carboxylic acids is 1. The van der Waals surface area contributed by atoms with Crippen molar-refractivity contribution in [3.05, 3.63) is 84.1 Å². The summed E-state index contributed by atoms with van der Waals surface area (Å²) in [5, 5.41) is 5.34. The Morgan fingerprint density at radius 1 is 0.923 bits per heavy atom. The molecule has 26 heavy (non-hydrogen) atoms. The van der Waals surface area contributed by atoms with Gasteiger partial charge in [-0.3, -0.25) is 4.79 Å². The summed E-state index contributed by atoms with van der Waals surface area (Å²) in [7, 11) is 0. The summed E-state index contributed by atoms with van der Waals surface area (Å²) in [6.45, 7) is 0. The summed E-state index contributed by atoms with van der Waals surface area (Å²) in [6, 6.07) is 16.5. The van der Waals surface area contributed by atoms with E-state index in [1.807, 2.05) is 30.3 Å². The highest BCUT2D eigenvalue weighted by atomic mass is 19.1. The quantitative estimate of drug-likeness (QED) is 0.677. The second kappa shape index (κ2) is 8.20. The molecule has 1 amide bonds. The molecule has 2 aromatic carbocycles. The van der Waals surface area contributed by atoms with Crippen molar-refractivity contribution in [2.45, 2.75) is 12.8 Å². The number of para-hydroxylation sites is 1. The molecule has 3 aromatic rings. The number of anilines is 3. The van der Waals surface area contributed by atoms with E-state index in [0.29, 0.717) is 24.3 Å². The second-order valence-electron chi connectivity index (χ2n) is 5.69. The van der Waals surface area contributed by atoms with Gasteiger partial charge in [-0.25, -0.2) is 13.8 Å². The number of amides is 1. The van der Waals surface area contributed by atoms with Gasteiger partial charge in [-0.05, 0) is 36.2 Å². The third kappa shape index (κ3) is 4.63. The van der Waals surface area contributed by atoms with Crippen LogP contribution >= 0.6 is 0 Å². The average molecular weight is 353 g/mol. The van der Waals surface area contributed by atoms with Crippen molar-refractivity contribution in [3.63, 3.8) is 0 Å². The molecule has 1 heterocycles. The van der Waals surface area contributed by atoms with Gasteiger partial charge < -0.3 is 10.6 Å². The molecule has 0 saturated heterocycles. The lowest BCUT2D eigenvalue weighted by atomic mass is 10.1. The van der Waals surface area contributed by atoms with Gasteiger partial charge in [0.05, 0.1) is 11.9 Å². The van der Waals surface area contributed by atoms with Crippen molar-refractivity contribution >= 4 is 23.1 Å². The summed E-state index contributed by atoms with van der Waals surface area (Å²) < 4.78 is 27.3. The van der Waals surface area contributed by atoms with Crippen LogP contribution in [0.25, 0.3) is 0 Å². The Morgan fingerprint density at radius 3 is 2.31 bits per heavy atom. The van der Waals surface area contributed by atoms with Gasteiger partial charge in [0.15, 0.2) is 0 Å². The molecular formula is C20H17F2N3O. The normalized spacial score (nSPS) is 10.4. The van der Waals surface area contributed by atoms with Crippen molar-refractivity contribution in [1.29, 1.82) is 0 Å². The average Bonchev–Trinajstić information content (AvgIpc) is 2.65. The van der Waals surface area contributed by atoms with Crippen LogP contribution in [-0.4, -0.2) is 10.9 Å². The first-order chi connectivity index (χ1) is 12.6. The van der Waals surface area contributed by atoms with E-state index >= 15 is 0 Å². The first kappa shape index (κ1) is 17.5. The predicted octanol–water partition coefficient (Wildman–Crippen LogP) is 4.67. The van der Waals surface area contributed by atoms with Gasteiger partial charge in [0, 0.05) is 6.42 Å². The molecule has 0 aliphatic heterocycles. The topological polar surface area (TPSA) is 54.0 Å². The van der Waals surface area contributed by atoms with E-state index in [2.05, 4.69) is 15.6 Å². The molecule has 0 fully saturated rings. The van der Waals surface area contributed by atoms with Crippen LogP contribution in [0.4, 0.5) is 26.0 Å². The van der Waals surface area contributed by atoms with Crippen LogP contribution in [0.3, 0.4) is 0 Å². The maximum absolute atomic E-state index is 13.6. The SMILES string of the molecule is O=C(CCc1ccccc1)Nc1ccc(Nc2c(F)cccc2F)cn1. The Balaban J connectivity index is 1.56. The number of carbonyl (C=O) groups is 1. The fourth-order valence-electron chi connectivity index (χ4n) is 2.41. The Kier molecular flexibility index (Phi) is 5.53. The molecule has 0 unspecified atom stereocenters. The number of nitrogens with zero attached hydrogens (tertiary/aromatic N) is 1. The van der Waals surface area contributed by atoms with Crippen LogP contribution in [-0.2, 0) is 11.2 Å². The van der Waals surface area contributed by atoms with Gasteiger partial charge in [-0.1, -0.05) is 36.4 Å². The first-order valence-electron chi connectivity index (χ1n) is 8.13. The van der Waals surface area contributed by atoms with Crippen LogP contribution in [0, 0.1) is 11.6 Å². The number of rotatable bonds is 6. The van der Waals surface area contributed by atoms with Crippen LogP contribution in [0.1, 0.15) is 12.0 Å². The molecule has 132 valence electrons. The number of benzene rings is 2. The Morgan fingerprint density at radius 2 is 1.65 bits per heavy atom. The van der Waals surface area contributed by atoms with E-state index in [1.54, 1.807) is 12.1 Å². The number of aryl methyl sites for hydroxylation is 1. The zero-order valence-electron chi connectivity index (χ0n) is 13.9. The van der Waals surface area contributed by atoms with Crippen LogP contribution < -0.4 is 10.6 Å². The van der Waals surface area contributed by atoms with Gasteiger partial charge in [-0.15, -0.1) is 0 Å². The van der Waals surface area contributed by atoms with E-state index < -0.39 is 11.6 Å². The number of halogens is 2. The molecule has 3 rings (SSSR count). The van der Waals surface area contributed by atoms with Gasteiger partial charge in [0.25, 0.3) is 0 Å². The fraction of sp³-hybridized carbons (Fsp3) is 0.100. The van der Waals surface area contributed by atoms with Crippen molar-refractivity contribution in [1.82, 2.24) is 4.98 Å². The maximum Gasteiger partial charge on any atom is 0.225 e. The van der Waals surface area contributed by atoms with Gasteiger partial charge in [0.1, 0.15) is 23.1 Å². The lowest BCUT2D eigenvalue weighted by Crippen LogP contribution is -2.13. The number of nitrogens with one attached hydrogen (secondary N) is 2. The summed E-state index contributed by atoms with van der Waals surface area (Å²) in [6.07, 6.45) is 2.38. The molecule has 0 bridgehead atoms. The zero-order chi connectivity index (χ0) is 18.4. The fourth-order valence-corrected chi connectivity index (χ4v) is 2.41. The van der Waals surface area contributed by atoms with Crippen molar-refractivity contribution in [2.24, 2.45) is 0 Å². The molecule has 0 saturated carbocycles. The summed E-state index contributed by atoms with van der Waals surface area (Å²) in [4.78, 5) is 16.1. The molecule has 6 heteroatoms. The van der Waals surface area contributed by atoms with Gasteiger partial charge in [-0.2, -0.15) is 0 Å². The molecule has 0 atom stereocenters. The van der Waals surface area contributed by atoms with Crippen molar-refractivity contribution in [2.75, 3.05) is 10.6 Å². The monoisotopic (exact) mass is 353 g/mol. The smallest absolute Gasteiger partial charge is 0.225 e. The van der Waals surface area contributed by atoms with E-state index in [0.717, 1.165) is 5.56 Å². The van der Waals surface area contributed by atoms with E-state index in [1.165, 1.54) is 24.4 Å². The Labute approximate surface area is 149 Å². The minimum absolute atomic E-state index is 0.151. The molecule has 2 N–H and O–H groups in total. The molecular weight excluding hydrogens is 336 g/mol. The van der Waals surface area contributed by atoms with Crippen LogP contribution in [0.2, 0.25) is 0 Å². The van der Waals surface area contributed by atoms with E-state index in [9.17, 15) is 13.6 Å². The third-order valence-corrected chi connectivity index (χ3v) is 3.75. The lowest BCUT2D eigenvalue weighted by Gasteiger charge is -2.09. The van der Waals surface area contributed by atoms with Crippen molar-refractivity contribution in [3.8, 4) is 0 Å². The van der Waals surface area contributed by atoms with E-state index in [-0.39, 0.29) is 11.6 Å². The number of hydrogen-bond donors (Lipinski definition) is 2. The van der Waals surface area contributed by atoms with Crippen molar-refractivity contribution < 1.29 is 13.6 Å². The molecule has 0 aliphatic rings. The number of pyridine rings is 1. The highest BCUT2D eigenvalue weighted by Crippen LogP contribution is 2.23. The molecule has 4 nitrogen and oxygen atoms in total. The van der Waals surface area contributed by atoms with Gasteiger partial charge in [0.2, 0.25) is 5.91 Å². The van der Waals surface area contributed by atoms with Crippen LogP contribution in [0.5, 0.6) is 0 Å².